The molecule has 0 amide bonds. The topological polar surface area (TPSA) is 155 Å². The molecule has 0 rings (SSSR count). The Kier molecular flexibility index (Phi) is 56.5. The van der Waals surface area contributed by atoms with Crippen LogP contribution in [0.3, 0.4) is 0 Å². The van der Waals surface area contributed by atoms with E-state index < -0.39 is 57.8 Å². The predicted molar refractivity (Wildman–Crippen MR) is 307 cm³/mol. The molecule has 12 heteroatoms. The Morgan fingerprint density at radius 1 is 0.324 bits per heavy atom. The van der Waals surface area contributed by atoms with Crippen LogP contribution in [-0.4, -0.2) is 66.5 Å². The molecule has 0 heterocycles. The zero-order valence-corrected chi connectivity index (χ0v) is 49.7. The zero-order valence-electron chi connectivity index (χ0n) is 48.9. The lowest BCUT2D eigenvalue weighted by Crippen LogP contribution is -2.30. The molecule has 0 bridgehead atoms. The minimum atomic E-state index is -4.74. The number of ether oxygens (including phenoxy) is 3. The highest BCUT2D eigenvalue weighted by Crippen LogP contribution is 2.43. The van der Waals surface area contributed by atoms with E-state index in [0.29, 0.717) is 19.3 Å². The van der Waals surface area contributed by atoms with Crippen molar-refractivity contribution < 1.29 is 52.2 Å². The number of aliphatic hydroxyl groups excluding tert-OH is 1. The average Bonchev–Trinajstić information content (AvgIpc) is 3.39. The summed E-state index contributed by atoms with van der Waals surface area (Å²) < 4.78 is 39.7. The highest BCUT2D eigenvalue weighted by molar-refractivity contribution is 7.47. The van der Waals surface area contributed by atoms with E-state index in [-0.39, 0.29) is 25.9 Å². The Bertz CT molecular complexity index is 1250. The fourth-order valence-corrected chi connectivity index (χ4v) is 10.4. The van der Waals surface area contributed by atoms with Crippen molar-refractivity contribution in [2.75, 3.05) is 26.4 Å². The molecule has 0 saturated heterocycles. The summed E-state index contributed by atoms with van der Waals surface area (Å²) in [5.41, 5.74) is 0. The number of carbonyl (C=O) groups is 3. The first kappa shape index (κ1) is 72.5. The number of phosphoric acid groups is 1. The van der Waals surface area contributed by atoms with Crippen molar-refractivity contribution in [3.63, 3.8) is 0 Å². The van der Waals surface area contributed by atoms with Crippen molar-refractivity contribution in [1.82, 2.24) is 0 Å². The molecule has 0 spiro atoms. The largest absolute Gasteiger partial charge is 0.472 e. The highest BCUT2D eigenvalue weighted by atomic mass is 31.2. The maximum atomic E-state index is 12.9. The van der Waals surface area contributed by atoms with Crippen molar-refractivity contribution >= 4 is 25.7 Å². The van der Waals surface area contributed by atoms with E-state index in [4.69, 9.17) is 23.3 Å². The molecular formula is C62H121O11P. The van der Waals surface area contributed by atoms with Crippen molar-refractivity contribution in [3.8, 4) is 0 Å². The van der Waals surface area contributed by atoms with E-state index >= 15 is 0 Å². The summed E-state index contributed by atoms with van der Waals surface area (Å²) in [7, 11) is -4.74. The molecule has 0 aliphatic rings. The lowest BCUT2D eigenvalue weighted by Gasteiger charge is -2.21. The van der Waals surface area contributed by atoms with Gasteiger partial charge in [-0.1, -0.05) is 303 Å². The van der Waals surface area contributed by atoms with Gasteiger partial charge in [-0.2, -0.15) is 0 Å². The Morgan fingerprint density at radius 3 is 0.797 bits per heavy atom. The van der Waals surface area contributed by atoms with Crippen LogP contribution in [0.1, 0.15) is 342 Å². The first-order valence-electron chi connectivity index (χ1n) is 31.9. The molecule has 0 aliphatic heterocycles. The van der Waals surface area contributed by atoms with Gasteiger partial charge in [-0.25, -0.2) is 4.57 Å². The fourth-order valence-electron chi connectivity index (χ4n) is 9.66. The monoisotopic (exact) mass is 1070 g/mol. The van der Waals surface area contributed by atoms with Crippen molar-refractivity contribution in [2.24, 2.45) is 0 Å². The number of esters is 3. The highest BCUT2D eigenvalue weighted by Gasteiger charge is 2.28. The molecule has 440 valence electrons. The van der Waals surface area contributed by atoms with Crippen LogP contribution in [0.5, 0.6) is 0 Å². The van der Waals surface area contributed by atoms with Crippen molar-refractivity contribution in [3.05, 3.63) is 0 Å². The maximum Gasteiger partial charge on any atom is 0.472 e. The molecule has 3 unspecified atom stereocenters. The molecule has 3 atom stereocenters. The van der Waals surface area contributed by atoms with E-state index in [1.54, 1.807) is 0 Å². The molecule has 2 N–H and O–H groups in total. The summed E-state index contributed by atoms with van der Waals surface area (Å²) >= 11 is 0. The summed E-state index contributed by atoms with van der Waals surface area (Å²) in [5.74, 6) is -1.42. The Balaban J connectivity index is 4.63. The number of carbonyl (C=O) groups excluding carboxylic acids is 3. The molecule has 0 aromatic rings. The first-order chi connectivity index (χ1) is 36.2. The summed E-state index contributed by atoms with van der Waals surface area (Å²) in [6.07, 6.45) is 56.2. The number of rotatable bonds is 61. The van der Waals surface area contributed by atoms with Crippen LogP contribution in [0, 0.1) is 0 Å². The second-order valence-corrected chi connectivity index (χ2v) is 23.4. The zero-order chi connectivity index (χ0) is 54.1. The molecule has 74 heavy (non-hydrogen) atoms. The Hall–Kier alpha value is -1.52. The first-order valence-corrected chi connectivity index (χ1v) is 33.4. The summed E-state index contributed by atoms with van der Waals surface area (Å²) in [5, 5.41) is 9.84. The second-order valence-electron chi connectivity index (χ2n) is 22.0. The molecule has 0 saturated carbocycles. The van der Waals surface area contributed by atoms with Gasteiger partial charge >= 0.3 is 25.7 Å². The molecule has 0 fully saturated rings. The van der Waals surface area contributed by atoms with Crippen molar-refractivity contribution in [2.45, 2.75) is 354 Å². The van der Waals surface area contributed by atoms with Gasteiger partial charge in [0.2, 0.25) is 0 Å². The summed E-state index contributed by atoms with van der Waals surface area (Å²) in [6, 6.07) is 0. The van der Waals surface area contributed by atoms with Gasteiger partial charge < -0.3 is 24.2 Å². The molecular weight excluding hydrogens is 952 g/mol. The summed E-state index contributed by atoms with van der Waals surface area (Å²) in [4.78, 5) is 48.7. The Morgan fingerprint density at radius 2 is 0.541 bits per heavy atom. The van der Waals surface area contributed by atoms with Gasteiger partial charge in [0.05, 0.1) is 19.8 Å². The predicted octanol–water partition coefficient (Wildman–Crippen LogP) is 19.0. The normalized spacial score (nSPS) is 13.2. The number of hydrogen-bond acceptors (Lipinski definition) is 10. The van der Waals surface area contributed by atoms with Crippen LogP contribution in [0.15, 0.2) is 0 Å². The minimum absolute atomic E-state index is 0.179. The second kappa shape index (κ2) is 57.6. The SMILES string of the molecule is CCCCCCCCCCCCCCCCCCCC(=O)OC(COC(=O)CCCCCCCCCCCCCCCCC)COP(=O)(O)OCC(CO)OC(=O)CCCCCCCCCCCCCCCCC. The molecule has 11 nitrogen and oxygen atoms in total. The van der Waals surface area contributed by atoms with Crippen LogP contribution >= 0.6 is 7.82 Å². The van der Waals surface area contributed by atoms with Crippen LogP contribution < -0.4 is 0 Å². The van der Waals surface area contributed by atoms with Crippen LogP contribution in [0.2, 0.25) is 0 Å². The van der Waals surface area contributed by atoms with Gasteiger partial charge in [0.1, 0.15) is 12.7 Å². The van der Waals surface area contributed by atoms with E-state index in [2.05, 4.69) is 20.8 Å². The van der Waals surface area contributed by atoms with E-state index in [0.717, 1.165) is 57.8 Å². The molecule has 0 radical (unpaired) electrons. The van der Waals surface area contributed by atoms with Crippen LogP contribution in [-0.2, 0) is 42.2 Å². The van der Waals surface area contributed by atoms with Gasteiger partial charge in [0.25, 0.3) is 0 Å². The lowest BCUT2D eigenvalue weighted by atomic mass is 10.0. The minimum Gasteiger partial charge on any atom is -0.462 e. The molecule has 0 aromatic carbocycles. The van der Waals surface area contributed by atoms with E-state index in [1.165, 1.54) is 225 Å². The third kappa shape index (κ3) is 55.2. The number of phosphoric ester groups is 1. The van der Waals surface area contributed by atoms with Crippen LogP contribution in [0.4, 0.5) is 0 Å². The average molecular weight is 1070 g/mol. The van der Waals surface area contributed by atoms with Gasteiger partial charge in [0, 0.05) is 19.3 Å². The number of aliphatic hydroxyl groups is 1. The van der Waals surface area contributed by atoms with Gasteiger partial charge in [0.15, 0.2) is 6.10 Å². The van der Waals surface area contributed by atoms with Gasteiger partial charge in [-0.05, 0) is 19.3 Å². The number of hydrogen-bond donors (Lipinski definition) is 2. The quantitative estimate of drug-likeness (QED) is 0.0259. The number of unbranched alkanes of at least 4 members (excludes halogenated alkanes) is 44. The molecule has 0 aliphatic carbocycles. The third-order valence-electron chi connectivity index (χ3n) is 14.5. The lowest BCUT2D eigenvalue weighted by molar-refractivity contribution is -0.161. The van der Waals surface area contributed by atoms with Crippen molar-refractivity contribution in [1.29, 1.82) is 0 Å². The standard InChI is InChI=1S/C62H121O11P/c1-4-7-10-13-16-19-22-25-28-29-32-35-38-41-44-47-50-53-62(66)73-59(55-69-60(64)51-48-45-42-39-36-33-30-26-23-20-17-14-11-8-5-2)57-71-74(67,68)70-56-58(54-63)72-61(65)52-49-46-43-40-37-34-31-27-24-21-18-15-12-9-6-3/h58-59,63H,4-57H2,1-3H3,(H,67,68). The van der Waals surface area contributed by atoms with Gasteiger partial charge in [-0.3, -0.25) is 23.4 Å². The van der Waals surface area contributed by atoms with E-state index in [1.807, 2.05) is 0 Å². The van der Waals surface area contributed by atoms with Gasteiger partial charge in [-0.15, -0.1) is 0 Å². The smallest absolute Gasteiger partial charge is 0.462 e. The Labute approximate surface area is 456 Å². The molecule has 0 aromatic heterocycles. The van der Waals surface area contributed by atoms with Crippen LogP contribution in [0.25, 0.3) is 0 Å². The maximum absolute atomic E-state index is 12.9. The fraction of sp³-hybridized carbons (Fsp3) is 0.952. The third-order valence-corrected chi connectivity index (χ3v) is 15.5. The van der Waals surface area contributed by atoms with E-state index in [9.17, 15) is 28.9 Å². The summed E-state index contributed by atoms with van der Waals surface area (Å²) in [6.45, 7) is 4.75.